The maximum atomic E-state index is 5.72. The summed E-state index contributed by atoms with van der Waals surface area (Å²) >= 11 is 0. The first-order valence-corrected chi connectivity index (χ1v) is 6.67. The van der Waals surface area contributed by atoms with E-state index in [2.05, 4.69) is 40.4 Å². The second-order valence-corrected chi connectivity index (χ2v) is 5.06. The van der Waals surface area contributed by atoms with Crippen LogP contribution in [0, 0.1) is 13.8 Å². The molecule has 0 amide bonds. The van der Waals surface area contributed by atoms with Gasteiger partial charge in [0.15, 0.2) is 0 Å². The van der Waals surface area contributed by atoms with Gasteiger partial charge in [0.1, 0.15) is 5.82 Å². The maximum absolute atomic E-state index is 5.72. The first-order chi connectivity index (χ1) is 9.65. The van der Waals surface area contributed by atoms with Crippen molar-refractivity contribution in [2.45, 2.75) is 20.4 Å². The summed E-state index contributed by atoms with van der Waals surface area (Å²) in [7, 11) is 0. The van der Waals surface area contributed by atoms with Gasteiger partial charge in [-0.3, -0.25) is 0 Å². The summed E-state index contributed by atoms with van der Waals surface area (Å²) in [6, 6.07) is 10.3. The molecule has 0 unspecified atom stereocenters. The summed E-state index contributed by atoms with van der Waals surface area (Å²) in [5.41, 5.74) is 11.1. The molecule has 0 aliphatic carbocycles. The van der Waals surface area contributed by atoms with E-state index in [9.17, 15) is 0 Å². The van der Waals surface area contributed by atoms with E-state index >= 15 is 0 Å². The van der Waals surface area contributed by atoms with Crippen LogP contribution in [-0.4, -0.2) is 9.97 Å². The third-order valence-electron chi connectivity index (χ3n) is 3.56. The van der Waals surface area contributed by atoms with Crippen molar-refractivity contribution >= 4 is 22.4 Å². The van der Waals surface area contributed by atoms with Crippen molar-refractivity contribution < 1.29 is 0 Å². The van der Waals surface area contributed by atoms with Crippen LogP contribution in [0.3, 0.4) is 0 Å². The Morgan fingerprint density at radius 1 is 1.25 bits per heavy atom. The monoisotopic (exact) mass is 266 g/mol. The zero-order valence-electron chi connectivity index (χ0n) is 11.7. The Kier molecular flexibility index (Phi) is 3.06. The smallest absolute Gasteiger partial charge is 0.129 e. The highest BCUT2D eigenvalue weighted by atomic mass is 15.0. The topological polar surface area (TPSA) is 66.7 Å². The lowest BCUT2D eigenvalue weighted by Crippen LogP contribution is -2.04. The molecule has 0 spiro atoms. The number of aryl methyl sites for hydroxylation is 2. The molecule has 0 atom stereocenters. The molecule has 4 nitrogen and oxygen atoms in total. The van der Waals surface area contributed by atoms with Crippen LogP contribution in [0.25, 0.3) is 10.9 Å². The number of hydrogen-bond donors (Lipinski definition) is 3. The Labute approximate surface area is 118 Å². The fourth-order valence-electron chi connectivity index (χ4n) is 2.52. The Hall–Kier alpha value is -2.49. The van der Waals surface area contributed by atoms with E-state index in [1.54, 1.807) is 6.20 Å². The highest BCUT2D eigenvalue weighted by Crippen LogP contribution is 2.23. The lowest BCUT2D eigenvalue weighted by molar-refractivity contribution is 1.08. The maximum Gasteiger partial charge on any atom is 0.129 e. The molecule has 20 heavy (non-hydrogen) atoms. The van der Waals surface area contributed by atoms with Crippen LogP contribution >= 0.6 is 0 Å². The van der Waals surface area contributed by atoms with Crippen LogP contribution in [0.5, 0.6) is 0 Å². The molecule has 1 aromatic carbocycles. The van der Waals surface area contributed by atoms with Crippen LogP contribution in [-0.2, 0) is 6.54 Å². The standard InChI is InChI=1S/C16H18N4/c1-10-7-12(17)8-18-16(10)19-9-14-11(2)20-15-6-4-3-5-13(14)15/h3-8,20H,9,17H2,1-2H3,(H,18,19). The Bertz CT molecular complexity index is 758. The zero-order chi connectivity index (χ0) is 14.1. The third kappa shape index (κ3) is 2.20. The average molecular weight is 266 g/mol. The van der Waals surface area contributed by atoms with Gasteiger partial charge in [-0.15, -0.1) is 0 Å². The zero-order valence-corrected chi connectivity index (χ0v) is 11.7. The first kappa shape index (κ1) is 12.5. The van der Waals surface area contributed by atoms with Crippen molar-refractivity contribution in [3.63, 3.8) is 0 Å². The van der Waals surface area contributed by atoms with E-state index in [0.717, 1.165) is 17.9 Å². The number of nitrogens with two attached hydrogens (primary N) is 1. The van der Waals surface area contributed by atoms with Crippen LogP contribution in [0.1, 0.15) is 16.8 Å². The molecule has 102 valence electrons. The second kappa shape index (κ2) is 4.89. The number of fused-ring (bicyclic) bond motifs is 1. The van der Waals surface area contributed by atoms with Crippen LogP contribution in [0.4, 0.5) is 11.5 Å². The summed E-state index contributed by atoms with van der Waals surface area (Å²) in [5, 5.41) is 4.64. The van der Waals surface area contributed by atoms with Gasteiger partial charge in [0.25, 0.3) is 0 Å². The fourth-order valence-corrected chi connectivity index (χ4v) is 2.52. The Morgan fingerprint density at radius 3 is 2.85 bits per heavy atom. The molecule has 4 N–H and O–H groups in total. The average Bonchev–Trinajstić information content (AvgIpc) is 2.74. The molecule has 0 fully saturated rings. The molecule has 3 aromatic rings. The van der Waals surface area contributed by atoms with Gasteiger partial charge in [0.2, 0.25) is 0 Å². The van der Waals surface area contributed by atoms with E-state index in [1.807, 2.05) is 19.1 Å². The number of rotatable bonds is 3. The number of anilines is 2. The van der Waals surface area contributed by atoms with Gasteiger partial charge < -0.3 is 16.0 Å². The van der Waals surface area contributed by atoms with E-state index < -0.39 is 0 Å². The molecule has 0 aliphatic heterocycles. The molecule has 3 rings (SSSR count). The minimum atomic E-state index is 0.691. The summed E-state index contributed by atoms with van der Waals surface area (Å²) in [5.74, 6) is 0.879. The quantitative estimate of drug-likeness (QED) is 0.681. The normalized spacial score (nSPS) is 10.9. The minimum absolute atomic E-state index is 0.691. The lowest BCUT2D eigenvalue weighted by atomic mass is 10.1. The molecular formula is C16H18N4. The number of aromatic nitrogens is 2. The second-order valence-electron chi connectivity index (χ2n) is 5.06. The van der Waals surface area contributed by atoms with Crippen molar-refractivity contribution in [2.75, 3.05) is 11.1 Å². The van der Waals surface area contributed by atoms with Gasteiger partial charge >= 0.3 is 0 Å². The third-order valence-corrected chi connectivity index (χ3v) is 3.56. The molecule has 2 heterocycles. The van der Waals surface area contributed by atoms with E-state index in [0.29, 0.717) is 5.69 Å². The summed E-state index contributed by atoms with van der Waals surface area (Å²) < 4.78 is 0. The van der Waals surface area contributed by atoms with Crippen LogP contribution in [0.15, 0.2) is 36.5 Å². The van der Waals surface area contributed by atoms with Crippen molar-refractivity contribution in [3.05, 3.63) is 53.3 Å². The molecular weight excluding hydrogens is 248 g/mol. The van der Waals surface area contributed by atoms with Crippen molar-refractivity contribution in [3.8, 4) is 0 Å². The number of benzene rings is 1. The SMILES string of the molecule is Cc1cc(N)cnc1NCc1c(C)[nH]c2ccccc12. The molecule has 0 saturated heterocycles. The number of nitrogen functional groups attached to an aromatic ring is 1. The van der Waals surface area contributed by atoms with Gasteiger partial charge in [-0.2, -0.15) is 0 Å². The number of nitrogens with one attached hydrogen (secondary N) is 2. The van der Waals surface area contributed by atoms with Crippen molar-refractivity contribution in [1.82, 2.24) is 9.97 Å². The number of para-hydroxylation sites is 1. The molecule has 0 radical (unpaired) electrons. The fraction of sp³-hybridized carbons (Fsp3) is 0.188. The van der Waals surface area contributed by atoms with E-state index in [-0.39, 0.29) is 0 Å². The van der Waals surface area contributed by atoms with Gasteiger partial charge in [-0.1, -0.05) is 18.2 Å². The number of hydrogen-bond acceptors (Lipinski definition) is 3. The van der Waals surface area contributed by atoms with E-state index in [1.165, 1.54) is 22.2 Å². The first-order valence-electron chi connectivity index (χ1n) is 6.67. The van der Waals surface area contributed by atoms with Gasteiger partial charge in [0.05, 0.1) is 11.9 Å². The number of pyridine rings is 1. The van der Waals surface area contributed by atoms with Gasteiger partial charge in [-0.05, 0) is 37.1 Å². The van der Waals surface area contributed by atoms with Crippen molar-refractivity contribution in [2.24, 2.45) is 0 Å². The molecule has 0 saturated carbocycles. The van der Waals surface area contributed by atoms with E-state index in [4.69, 9.17) is 5.73 Å². The molecule has 0 bridgehead atoms. The summed E-state index contributed by atoms with van der Waals surface area (Å²) in [6.45, 7) is 4.85. The largest absolute Gasteiger partial charge is 0.397 e. The number of aromatic amines is 1. The molecule has 2 aromatic heterocycles. The van der Waals surface area contributed by atoms with Crippen molar-refractivity contribution in [1.29, 1.82) is 0 Å². The Morgan fingerprint density at radius 2 is 2.05 bits per heavy atom. The predicted molar refractivity (Wildman–Crippen MR) is 83.7 cm³/mol. The highest BCUT2D eigenvalue weighted by molar-refractivity contribution is 5.84. The summed E-state index contributed by atoms with van der Waals surface area (Å²) in [6.07, 6.45) is 1.68. The van der Waals surface area contributed by atoms with Crippen LogP contribution in [0.2, 0.25) is 0 Å². The van der Waals surface area contributed by atoms with Gasteiger partial charge in [0, 0.05) is 23.1 Å². The van der Waals surface area contributed by atoms with Gasteiger partial charge in [-0.25, -0.2) is 4.98 Å². The predicted octanol–water partition coefficient (Wildman–Crippen LogP) is 3.37. The van der Waals surface area contributed by atoms with Crippen LogP contribution < -0.4 is 11.1 Å². The number of nitrogens with zero attached hydrogens (tertiary/aromatic N) is 1. The highest BCUT2D eigenvalue weighted by Gasteiger charge is 2.08. The number of H-pyrrole nitrogens is 1. The molecule has 0 aliphatic rings. The minimum Gasteiger partial charge on any atom is -0.397 e. The molecule has 4 heteroatoms. The lowest BCUT2D eigenvalue weighted by Gasteiger charge is -2.09. The summed E-state index contributed by atoms with van der Waals surface area (Å²) in [4.78, 5) is 7.75. The Balaban J connectivity index is 1.88.